The highest BCUT2D eigenvalue weighted by Crippen LogP contribution is 2.43. The van der Waals surface area contributed by atoms with Gasteiger partial charge < -0.3 is 20.5 Å². The van der Waals surface area contributed by atoms with Gasteiger partial charge in [0.1, 0.15) is 11.5 Å². The number of nitrogens with one attached hydrogen (secondary N) is 1. The second kappa shape index (κ2) is 9.70. The Morgan fingerprint density at radius 1 is 1.00 bits per heavy atom. The van der Waals surface area contributed by atoms with Crippen LogP contribution in [0.2, 0.25) is 0 Å². The van der Waals surface area contributed by atoms with Crippen LogP contribution in [0.4, 0.5) is 5.69 Å². The number of carbonyl (C=O) groups excluding carboxylic acids is 3. The summed E-state index contributed by atoms with van der Waals surface area (Å²) in [4.78, 5) is 39.8. The van der Waals surface area contributed by atoms with Crippen LogP contribution in [0.25, 0.3) is 0 Å². The number of hydrogen-bond donors (Lipinski definition) is 2. The van der Waals surface area contributed by atoms with Crippen molar-refractivity contribution in [3.8, 4) is 6.07 Å². The van der Waals surface area contributed by atoms with Crippen molar-refractivity contribution in [3.05, 3.63) is 88.4 Å². The van der Waals surface area contributed by atoms with Crippen LogP contribution in [-0.2, 0) is 19.1 Å². The van der Waals surface area contributed by atoms with Crippen LogP contribution in [-0.4, -0.2) is 39.1 Å². The van der Waals surface area contributed by atoms with Crippen LogP contribution >= 0.6 is 0 Å². The van der Waals surface area contributed by atoms with Crippen molar-refractivity contribution < 1.29 is 23.9 Å². The first-order valence-corrected chi connectivity index (χ1v) is 9.87. The lowest BCUT2D eigenvalue weighted by Crippen LogP contribution is -2.41. The molecule has 1 heterocycles. The Labute approximate surface area is 190 Å². The molecule has 0 fully saturated rings. The maximum Gasteiger partial charge on any atom is 0.355 e. The minimum Gasteiger partial charge on any atom is -0.466 e. The molecule has 3 rings (SSSR count). The van der Waals surface area contributed by atoms with Gasteiger partial charge in [0, 0.05) is 7.05 Å². The molecule has 0 saturated heterocycles. The van der Waals surface area contributed by atoms with E-state index in [1.54, 1.807) is 48.5 Å². The molecule has 1 amide bonds. The van der Waals surface area contributed by atoms with E-state index in [0.717, 1.165) is 7.11 Å². The van der Waals surface area contributed by atoms with Crippen LogP contribution in [0, 0.1) is 11.3 Å². The van der Waals surface area contributed by atoms with Crippen molar-refractivity contribution in [2.45, 2.75) is 5.92 Å². The standard InChI is InChI=1S/C24H22N4O5/c1-27-22(29)15-11-7-8-12-17(15)28-20(24(31)33-3)19(23(30)32-2)18(16(13-25)21(28)26)14-9-5-4-6-10-14/h4-12,18H,26H2,1-3H3,(H,27,29). The molecule has 3 N–H and O–H groups in total. The molecule has 0 saturated carbocycles. The van der Waals surface area contributed by atoms with Gasteiger partial charge in [-0.1, -0.05) is 42.5 Å². The van der Waals surface area contributed by atoms with Gasteiger partial charge >= 0.3 is 11.9 Å². The summed E-state index contributed by atoms with van der Waals surface area (Å²) in [6.07, 6.45) is 0. The van der Waals surface area contributed by atoms with Gasteiger partial charge in [0.05, 0.1) is 48.6 Å². The zero-order chi connectivity index (χ0) is 24.1. The minimum absolute atomic E-state index is 0.0148. The number of nitrogens with two attached hydrogens (primary N) is 1. The van der Waals surface area contributed by atoms with E-state index in [2.05, 4.69) is 11.4 Å². The predicted octanol–water partition coefficient (Wildman–Crippen LogP) is 1.94. The van der Waals surface area contributed by atoms with Crippen molar-refractivity contribution in [2.75, 3.05) is 26.2 Å². The molecule has 0 bridgehead atoms. The highest BCUT2D eigenvalue weighted by atomic mass is 16.5. The Bertz CT molecular complexity index is 1210. The summed E-state index contributed by atoms with van der Waals surface area (Å²) >= 11 is 0. The van der Waals surface area contributed by atoms with Gasteiger partial charge in [-0.2, -0.15) is 5.26 Å². The second-order valence-electron chi connectivity index (χ2n) is 6.93. The number of anilines is 1. The minimum atomic E-state index is -0.985. The van der Waals surface area contributed by atoms with E-state index in [1.807, 2.05) is 0 Å². The van der Waals surface area contributed by atoms with Crippen molar-refractivity contribution >= 4 is 23.5 Å². The summed E-state index contributed by atoms with van der Waals surface area (Å²) in [6.45, 7) is 0. The van der Waals surface area contributed by atoms with Gasteiger partial charge in [0.15, 0.2) is 0 Å². The molecular weight excluding hydrogens is 424 g/mol. The van der Waals surface area contributed by atoms with E-state index in [4.69, 9.17) is 15.2 Å². The zero-order valence-corrected chi connectivity index (χ0v) is 18.3. The third-order valence-electron chi connectivity index (χ3n) is 5.23. The molecule has 2 aromatic rings. The Kier molecular flexibility index (Phi) is 6.79. The maximum atomic E-state index is 13.1. The Morgan fingerprint density at radius 2 is 1.61 bits per heavy atom. The molecular formula is C24H22N4O5. The molecule has 1 atom stereocenters. The first-order chi connectivity index (χ1) is 15.9. The first-order valence-electron chi connectivity index (χ1n) is 9.87. The number of nitriles is 1. The summed E-state index contributed by atoms with van der Waals surface area (Å²) in [5, 5.41) is 12.6. The molecule has 0 aliphatic carbocycles. The highest BCUT2D eigenvalue weighted by Gasteiger charge is 2.43. The van der Waals surface area contributed by atoms with E-state index >= 15 is 0 Å². The third kappa shape index (κ3) is 4.02. The third-order valence-corrected chi connectivity index (χ3v) is 5.23. The lowest BCUT2D eigenvalue weighted by Gasteiger charge is -2.36. The summed E-state index contributed by atoms with van der Waals surface area (Å²) in [6, 6.07) is 17.1. The fourth-order valence-electron chi connectivity index (χ4n) is 3.76. The number of para-hydroxylation sites is 1. The smallest absolute Gasteiger partial charge is 0.355 e. The molecule has 1 aliphatic rings. The fourth-order valence-corrected chi connectivity index (χ4v) is 3.76. The van der Waals surface area contributed by atoms with Gasteiger partial charge in [-0.25, -0.2) is 9.59 Å². The van der Waals surface area contributed by atoms with Crippen LogP contribution in [0.5, 0.6) is 0 Å². The fraction of sp³-hybridized carbons (Fsp3) is 0.167. The molecule has 0 aromatic heterocycles. The number of hydrogen-bond acceptors (Lipinski definition) is 8. The normalized spacial score (nSPS) is 15.6. The number of allylic oxidation sites excluding steroid dienone is 1. The molecule has 33 heavy (non-hydrogen) atoms. The summed E-state index contributed by atoms with van der Waals surface area (Å²) in [5.74, 6) is -3.28. The number of amides is 1. The predicted molar refractivity (Wildman–Crippen MR) is 119 cm³/mol. The van der Waals surface area contributed by atoms with Crippen LogP contribution in [0.3, 0.4) is 0 Å². The van der Waals surface area contributed by atoms with E-state index in [-0.39, 0.29) is 33.9 Å². The average Bonchev–Trinajstić information content (AvgIpc) is 2.86. The average molecular weight is 446 g/mol. The van der Waals surface area contributed by atoms with Gasteiger partial charge in [0.25, 0.3) is 5.91 Å². The lowest BCUT2D eigenvalue weighted by atomic mass is 9.80. The monoisotopic (exact) mass is 446 g/mol. The molecule has 9 nitrogen and oxygen atoms in total. The Morgan fingerprint density at radius 3 is 2.18 bits per heavy atom. The molecule has 9 heteroatoms. The van der Waals surface area contributed by atoms with Gasteiger partial charge in [-0.3, -0.25) is 9.69 Å². The number of ether oxygens (including phenoxy) is 2. The van der Waals surface area contributed by atoms with E-state index in [1.165, 1.54) is 25.1 Å². The SMILES string of the molecule is CNC(=O)c1ccccc1N1C(N)=C(C#N)C(c2ccccc2)C(C(=O)OC)=C1C(=O)OC. The molecule has 0 radical (unpaired) electrons. The van der Waals surface area contributed by atoms with Gasteiger partial charge in [-0.15, -0.1) is 0 Å². The van der Waals surface area contributed by atoms with E-state index in [9.17, 15) is 19.6 Å². The van der Waals surface area contributed by atoms with Crippen molar-refractivity contribution in [1.82, 2.24) is 5.32 Å². The Hall–Kier alpha value is -4.58. The van der Waals surface area contributed by atoms with Crippen LogP contribution in [0.1, 0.15) is 21.8 Å². The zero-order valence-electron chi connectivity index (χ0n) is 18.3. The van der Waals surface area contributed by atoms with Crippen molar-refractivity contribution in [1.29, 1.82) is 5.26 Å². The summed E-state index contributed by atoms with van der Waals surface area (Å²) in [5.41, 5.74) is 7.00. The number of rotatable bonds is 5. The number of carbonyl (C=O) groups is 3. The van der Waals surface area contributed by atoms with Crippen LogP contribution in [0.15, 0.2) is 77.3 Å². The summed E-state index contributed by atoms with van der Waals surface area (Å²) < 4.78 is 9.98. The van der Waals surface area contributed by atoms with Crippen LogP contribution < -0.4 is 16.0 Å². The topological polar surface area (TPSA) is 135 Å². The van der Waals surface area contributed by atoms with Crippen molar-refractivity contribution in [3.63, 3.8) is 0 Å². The molecule has 2 aromatic carbocycles. The van der Waals surface area contributed by atoms with Gasteiger partial charge in [0.2, 0.25) is 0 Å². The molecule has 1 unspecified atom stereocenters. The number of methoxy groups -OCH3 is 2. The largest absolute Gasteiger partial charge is 0.466 e. The number of esters is 2. The molecule has 1 aliphatic heterocycles. The van der Waals surface area contributed by atoms with Gasteiger partial charge in [-0.05, 0) is 17.7 Å². The quantitative estimate of drug-likeness (QED) is 0.666. The number of benzene rings is 2. The highest BCUT2D eigenvalue weighted by molar-refractivity contribution is 6.08. The molecule has 0 spiro atoms. The summed E-state index contributed by atoms with van der Waals surface area (Å²) in [7, 11) is 3.78. The Balaban J connectivity index is 2.45. The van der Waals surface area contributed by atoms with Crippen molar-refractivity contribution in [2.24, 2.45) is 5.73 Å². The second-order valence-corrected chi connectivity index (χ2v) is 6.93. The van der Waals surface area contributed by atoms with E-state index in [0.29, 0.717) is 5.56 Å². The first kappa shape index (κ1) is 23.1. The maximum absolute atomic E-state index is 13.1. The van der Waals surface area contributed by atoms with E-state index < -0.39 is 23.8 Å². The lowest BCUT2D eigenvalue weighted by molar-refractivity contribution is -0.139. The molecule has 168 valence electrons. The number of nitrogens with zero attached hydrogens (tertiary/aromatic N) is 2.